The minimum Gasteiger partial charge on any atom is -0.480 e. The standard InChI is InChI=1S/C10H17N3O6S.C4H9NO2/c11-5(10(18)19)1-2-7(14)13-6(4-20)9(17)12-3-8(15)16;1-5(2)3-4(6)7/h5-6,20H,1-4,11H2,(H,12,17)(H,13,14)(H,15,16)(H,18,19);3H2,1-2H3,(H,6,7). The van der Waals surface area contributed by atoms with Crippen LogP contribution in [0.3, 0.4) is 0 Å². The van der Waals surface area contributed by atoms with Crippen LogP contribution in [0.15, 0.2) is 0 Å². The first-order valence-corrected chi connectivity index (χ1v) is 8.28. The number of aliphatic carboxylic acids is 3. The highest BCUT2D eigenvalue weighted by Crippen LogP contribution is 1.97. The van der Waals surface area contributed by atoms with E-state index in [-0.39, 0.29) is 25.1 Å². The van der Waals surface area contributed by atoms with Crippen molar-refractivity contribution in [3.8, 4) is 0 Å². The molecular formula is C14H26N4O8S. The predicted molar refractivity (Wildman–Crippen MR) is 97.5 cm³/mol. The maximum Gasteiger partial charge on any atom is 0.322 e. The van der Waals surface area contributed by atoms with Gasteiger partial charge in [0.25, 0.3) is 0 Å². The third kappa shape index (κ3) is 16.8. The van der Waals surface area contributed by atoms with E-state index in [1.165, 1.54) is 0 Å². The van der Waals surface area contributed by atoms with Crippen LogP contribution in [-0.4, -0.2) is 95.0 Å². The third-order valence-corrected chi connectivity index (χ3v) is 3.06. The summed E-state index contributed by atoms with van der Waals surface area (Å²) in [4.78, 5) is 55.1. The SMILES string of the molecule is CN(C)CC(=O)O.NC(CCC(=O)NC(CS)C(=O)NCC(=O)O)C(=O)O. The molecule has 7 N–H and O–H groups in total. The van der Waals surface area contributed by atoms with Crippen LogP contribution in [-0.2, 0) is 24.0 Å². The molecule has 0 bridgehead atoms. The van der Waals surface area contributed by atoms with Gasteiger partial charge in [-0.15, -0.1) is 0 Å². The van der Waals surface area contributed by atoms with Gasteiger partial charge >= 0.3 is 17.9 Å². The van der Waals surface area contributed by atoms with E-state index in [1.54, 1.807) is 19.0 Å². The number of carbonyl (C=O) groups excluding carboxylic acids is 2. The van der Waals surface area contributed by atoms with Gasteiger partial charge in [-0.2, -0.15) is 12.6 Å². The second kappa shape index (κ2) is 14.8. The van der Waals surface area contributed by atoms with Gasteiger partial charge < -0.3 is 31.7 Å². The summed E-state index contributed by atoms with van der Waals surface area (Å²) in [7, 11) is 3.43. The molecule has 2 unspecified atom stereocenters. The Labute approximate surface area is 161 Å². The van der Waals surface area contributed by atoms with E-state index < -0.39 is 48.4 Å². The number of nitrogens with zero attached hydrogens (tertiary/aromatic N) is 1. The highest BCUT2D eigenvalue weighted by Gasteiger charge is 2.20. The number of nitrogens with two attached hydrogens (primary N) is 1. The number of carboxylic acid groups (broad SMARTS) is 3. The first-order valence-electron chi connectivity index (χ1n) is 7.65. The Hall–Kier alpha value is -2.38. The van der Waals surface area contributed by atoms with Crippen molar-refractivity contribution in [2.75, 3.05) is 32.9 Å². The number of amides is 2. The number of hydrogen-bond donors (Lipinski definition) is 7. The Morgan fingerprint density at radius 2 is 1.63 bits per heavy atom. The molecule has 13 heteroatoms. The van der Waals surface area contributed by atoms with Crippen molar-refractivity contribution in [2.24, 2.45) is 5.73 Å². The summed E-state index contributed by atoms with van der Waals surface area (Å²) in [5, 5.41) is 29.4. The fraction of sp³-hybridized carbons (Fsp3) is 0.643. The van der Waals surface area contributed by atoms with Gasteiger partial charge in [-0.25, -0.2) is 0 Å². The summed E-state index contributed by atoms with van der Waals surface area (Å²) in [6.07, 6.45) is -0.235. The van der Waals surface area contributed by atoms with E-state index in [0.717, 1.165) is 0 Å². The smallest absolute Gasteiger partial charge is 0.322 e. The molecule has 156 valence electrons. The number of rotatable bonds is 11. The van der Waals surface area contributed by atoms with E-state index >= 15 is 0 Å². The van der Waals surface area contributed by atoms with Crippen molar-refractivity contribution in [3.05, 3.63) is 0 Å². The minimum atomic E-state index is -1.22. The Kier molecular flexibility index (Phi) is 14.7. The van der Waals surface area contributed by atoms with E-state index in [0.29, 0.717) is 0 Å². The molecule has 12 nitrogen and oxygen atoms in total. The number of carbonyl (C=O) groups is 5. The van der Waals surface area contributed by atoms with Gasteiger partial charge in [0.2, 0.25) is 11.8 Å². The van der Waals surface area contributed by atoms with Gasteiger partial charge in [0.05, 0.1) is 6.54 Å². The second-order valence-electron chi connectivity index (χ2n) is 5.53. The topological polar surface area (TPSA) is 199 Å². The van der Waals surface area contributed by atoms with Gasteiger partial charge in [0.1, 0.15) is 18.6 Å². The molecule has 0 aliphatic heterocycles. The zero-order valence-electron chi connectivity index (χ0n) is 15.0. The van der Waals surface area contributed by atoms with E-state index in [2.05, 4.69) is 23.3 Å². The molecule has 2 atom stereocenters. The van der Waals surface area contributed by atoms with Crippen LogP contribution >= 0.6 is 12.6 Å². The average Bonchev–Trinajstić information content (AvgIpc) is 2.54. The summed E-state index contributed by atoms with van der Waals surface area (Å²) < 4.78 is 0. The van der Waals surface area contributed by atoms with E-state index in [9.17, 15) is 24.0 Å². The largest absolute Gasteiger partial charge is 0.480 e. The maximum atomic E-state index is 11.5. The predicted octanol–water partition coefficient (Wildman–Crippen LogP) is -2.57. The average molecular weight is 410 g/mol. The fourth-order valence-corrected chi connectivity index (χ4v) is 1.68. The van der Waals surface area contributed by atoms with Crippen LogP contribution in [0.1, 0.15) is 12.8 Å². The Bertz CT molecular complexity index is 529. The van der Waals surface area contributed by atoms with Gasteiger partial charge in [0, 0.05) is 12.2 Å². The summed E-state index contributed by atoms with van der Waals surface area (Å²) in [6, 6.07) is -2.15. The molecule has 0 aromatic rings. The Balaban J connectivity index is 0. The van der Waals surface area contributed by atoms with Crippen LogP contribution in [0.4, 0.5) is 0 Å². The van der Waals surface area contributed by atoms with Crippen molar-refractivity contribution in [1.29, 1.82) is 0 Å². The number of likely N-dealkylation sites (N-methyl/N-ethyl adjacent to an activating group) is 1. The molecule has 0 aromatic heterocycles. The monoisotopic (exact) mass is 410 g/mol. The number of carboxylic acids is 3. The number of thiol groups is 1. The zero-order valence-corrected chi connectivity index (χ0v) is 15.9. The van der Waals surface area contributed by atoms with Gasteiger partial charge in [0.15, 0.2) is 0 Å². The van der Waals surface area contributed by atoms with Crippen molar-refractivity contribution >= 4 is 42.4 Å². The summed E-state index contributed by atoms with van der Waals surface area (Å²) in [5.74, 6) is -4.49. The normalized spacial score (nSPS) is 12.2. The van der Waals surface area contributed by atoms with Crippen LogP contribution in [0.2, 0.25) is 0 Å². The van der Waals surface area contributed by atoms with Crippen molar-refractivity contribution in [1.82, 2.24) is 15.5 Å². The molecule has 0 heterocycles. The minimum absolute atomic E-state index is 0.0256. The van der Waals surface area contributed by atoms with Crippen molar-refractivity contribution in [2.45, 2.75) is 24.9 Å². The zero-order chi connectivity index (χ0) is 21.6. The molecule has 0 aliphatic rings. The first kappa shape index (κ1) is 26.8. The van der Waals surface area contributed by atoms with Gasteiger partial charge in [-0.1, -0.05) is 0 Å². The van der Waals surface area contributed by atoms with Gasteiger partial charge in [-0.05, 0) is 20.5 Å². The Morgan fingerprint density at radius 1 is 1.07 bits per heavy atom. The number of nitrogens with one attached hydrogen (secondary N) is 2. The molecule has 0 aromatic carbocycles. The van der Waals surface area contributed by atoms with Crippen LogP contribution in [0, 0.1) is 0 Å². The molecule has 0 rings (SSSR count). The highest BCUT2D eigenvalue weighted by atomic mass is 32.1. The lowest BCUT2D eigenvalue weighted by atomic mass is 10.1. The van der Waals surface area contributed by atoms with Crippen LogP contribution in [0.25, 0.3) is 0 Å². The molecule has 0 radical (unpaired) electrons. The van der Waals surface area contributed by atoms with Gasteiger partial charge in [-0.3, -0.25) is 28.9 Å². The van der Waals surface area contributed by atoms with Crippen LogP contribution in [0.5, 0.6) is 0 Å². The first-order chi connectivity index (χ1) is 12.4. The molecule has 27 heavy (non-hydrogen) atoms. The molecule has 0 fully saturated rings. The lowest BCUT2D eigenvalue weighted by molar-refractivity contribution is -0.139. The van der Waals surface area contributed by atoms with Crippen LogP contribution < -0.4 is 16.4 Å². The summed E-state index contributed by atoms with van der Waals surface area (Å²) in [5.41, 5.74) is 5.23. The quantitative estimate of drug-likeness (QED) is 0.178. The third-order valence-electron chi connectivity index (χ3n) is 2.70. The van der Waals surface area contributed by atoms with Crippen molar-refractivity contribution in [3.63, 3.8) is 0 Å². The molecule has 0 aliphatic carbocycles. The molecular weight excluding hydrogens is 384 g/mol. The lowest BCUT2D eigenvalue weighted by Crippen LogP contribution is -2.49. The molecule has 2 amide bonds. The lowest BCUT2D eigenvalue weighted by Gasteiger charge is -2.16. The molecule has 0 spiro atoms. The second-order valence-corrected chi connectivity index (χ2v) is 5.89. The fourth-order valence-electron chi connectivity index (χ4n) is 1.43. The Morgan fingerprint density at radius 3 is 1.96 bits per heavy atom. The maximum absolute atomic E-state index is 11.5. The molecule has 0 saturated carbocycles. The highest BCUT2D eigenvalue weighted by molar-refractivity contribution is 7.80. The van der Waals surface area contributed by atoms with E-state index in [4.69, 9.17) is 21.1 Å². The molecule has 0 saturated heterocycles. The van der Waals surface area contributed by atoms with Crippen molar-refractivity contribution < 1.29 is 39.3 Å². The number of hydrogen-bond acceptors (Lipinski definition) is 8. The summed E-state index contributed by atoms with van der Waals surface area (Å²) >= 11 is 3.87. The summed E-state index contributed by atoms with van der Waals surface area (Å²) in [6.45, 7) is -0.455. The van der Waals surface area contributed by atoms with E-state index in [1.807, 2.05) is 0 Å².